The number of hydrogen-bond acceptors (Lipinski definition) is 10. The van der Waals surface area contributed by atoms with Crippen LogP contribution in [0.25, 0.3) is 0 Å². The minimum absolute atomic E-state index is 0.117. The number of carbonyl (C=O) groups is 4. The van der Waals surface area contributed by atoms with Crippen LogP contribution in [0.15, 0.2) is 12.7 Å². The molecule has 452 valence electrons. The van der Waals surface area contributed by atoms with Gasteiger partial charge in [-0.25, -0.2) is 4.79 Å². The van der Waals surface area contributed by atoms with Crippen molar-refractivity contribution in [2.24, 2.45) is 0 Å². The van der Waals surface area contributed by atoms with Crippen LogP contribution < -0.4 is 0 Å². The van der Waals surface area contributed by atoms with E-state index in [9.17, 15) is 19.2 Å². The molecule has 10 heteroatoms. The molecule has 1 rings (SSSR count). The molecule has 0 amide bonds. The number of ether oxygens (including phenoxy) is 5. The molecule has 1 heterocycles. The molecule has 1 aliphatic heterocycles. The van der Waals surface area contributed by atoms with Gasteiger partial charge in [0.25, 0.3) is 0 Å². The number of carbonyl (C=O) groups excluding carboxylic acids is 4. The first-order valence-corrected chi connectivity index (χ1v) is 33.5. The van der Waals surface area contributed by atoms with Crippen LogP contribution >= 0.6 is 0 Å². The van der Waals surface area contributed by atoms with Crippen LogP contribution in [0.5, 0.6) is 0 Å². The second-order valence-electron chi connectivity index (χ2n) is 23.3. The summed E-state index contributed by atoms with van der Waals surface area (Å²) in [6.07, 6.45) is 53.0. The molecule has 10 nitrogen and oxygen atoms in total. The molecule has 1 aliphatic rings. The minimum atomic E-state index is -0.852. The molecule has 1 fully saturated rings. The van der Waals surface area contributed by atoms with Crippen molar-refractivity contribution in [3.63, 3.8) is 0 Å². The van der Waals surface area contributed by atoms with Gasteiger partial charge >= 0.3 is 23.9 Å². The van der Waals surface area contributed by atoms with Crippen LogP contribution in [0.3, 0.4) is 0 Å². The van der Waals surface area contributed by atoms with Gasteiger partial charge in [-0.1, -0.05) is 260 Å². The Morgan fingerprint density at radius 2 is 0.870 bits per heavy atom. The normalized spacial score (nSPS) is 14.8. The summed E-state index contributed by atoms with van der Waals surface area (Å²) in [5.74, 6) is -1.87. The van der Waals surface area contributed by atoms with E-state index in [1.807, 2.05) is 0 Å². The molecule has 0 bridgehead atoms. The van der Waals surface area contributed by atoms with Crippen molar-refractivity contribution < 1.29 is 42.9 Å². The maximum Gasteiger partial charge on any atom is 0.330 e. The van der Waals surface area contributed by atoms with E-state index in [1.54, 1.807) is 0 Å². The second-order valence-corrected chi connectivity index (χ2v) is 23.3. The van der Waals surface area contributed by atoms with Gasteiger partial charge in [-0.2, -0.15) is 0 Å². The number of rotatable bonds is 58. The lowest BCUT2D eigenvalue weighted by atomic mass is 9.97. The van der Waals surface area contributed by atoms with Crippen LogP contribution in [0.1, 0.15) is 343 Å². The van der Waals surface area contributed by atoms with Gasteiger partial charge in [0.05, 0.1) is 19.3 Å². The molecule has 77 heavy (non-hydrogen) atoms. The van der Waals surface area contributed by atoms with Crippen molar-refractivity contribution in [2.75, 3.05) is 26.3 Å². The van der Waals surface area contributed by atoms with E-state index in [1.165, 1.54) is 173 Å². The largest absolute Gasteiger partial charge is 0.466 e. The van der Waals surface area contributed by atoms with E-state index < -0.39 is 23.9 Å². The standard InChI is InChI=1S/C67H125NO9/c1-7-13-18-23-28-29-30-37-47-56-73-64(70)51-43-39-46-55-68-59-61(75-63(69)12-6)58-62(68)66(72)74-57-48-38-31-34-42-52-65(71)77-67(53-44-35-26-21-16-10-4,54-45-36-27-22-17-11-5)76-60(49-40-32-24-19-14-8-2)50-41-33-25-20-15-9-3/h12,60-62H,6-11,13-59H2,1-5H3/t61?,62-/m0/s1. The number of unbranched alkanes of at least 4 members (excludes halogenated alkanes) is 34. The summed E-state index contributed by atoms with van der Waals surface area (Å²) < 4.78 is 30.9. The van der Waals surface area contributed by atoms with Crippen molar-refractivity contribution in [1.29, 1.82) is 0 Å². The fourth-order valence-electron chi connectivity index (χ4n) is 11.1. The average molecular weight is 1090 g/mol. The number of hydrogen-bond donors (Lipinski definition) is 0. The van der Waals surface area contributed by atoms with Crippen LogP contribution in [0, 0.1) is 0 Å². The summed E-state index contributed by atoms with van der Waals surface area (Å²) in [4.78, 5) is 53.9. The predicted molar refractivity (Wildman–Crippen MR) is 321 cm³/mol. The summed E-state index contributed by atoms with van der Waals surface area (Å²) in [5.41, 5.74) is 0. The molecule has 1 unspecified atom stereocenters. The smallest absolute Gasteiger partial charge is 0.330 e. The van der Waals surface area contributed by atoms with Gasteiger partial charge in [0.1, 0.15) is 12.1 Å². The third-order valence-corrected chi connectivity index (χ3v) is 16.0. The lowest BCUT2D eigenvalue weighted by Gasteiger charge is -2.37. The van der Waals surface area contributed by atoms with Gasteiger partial charge in [0.15, 0.2) is 0 Å². The summed E-state index contributed by atoms with van der Waals surface area (Å²) >= 11 is 0. The molecule has 2 atom stereocenters. The summed E-state index contributed by atoms with van der Waals surface area (Å²) in [6, 6.07) is -0.482. The zero-order valence-electron chi connectivity index (χ0n) is 51.4. The quantitative estimate of drug-likeness (QED) is 0.0192. The Hall–Kier alpha value is -2.46. The van der Waals surface area contributed by atoms with Gasteiger partial charge in [0, 0.05) is 44.7 Å². The van der Waals surface area contributed by atoms with E-state index in [-0.39, 0.29) is 24.0 Å². The lowest BCUT2D eigenvalue weighted by Crippen LogP contribution is -2.42. The van der Waals surface area contributed by atoms with Gasteiger partial charge in [-0.3, -0.25) is 19.3 Å². The summed E-state index contributed by atoms with van der Waals surface area (Å²) in [6.45, 7) is 16.8. The Labute approximate surface area is 475 Å². The fourth-order valence-corrected chi connectivity index (χ4v) is 11.1. The predicted octanol–water partition coefficient (Wildman–Crippen LogP) is 19.3. The molecule has 0 aliphatic carbocycles. The molecule has 0 radical (unpaired) electrons. The highest BCUT2D eigenvalue weighted by molar-refractivity contribution is 5.81. The van der Waals surface area contributed by atoms with Gasteiger partial charge < -0.3 is 23.7 Å². The van der Waals surface area contributed by atoms with Crippen LogP contribution in [0.4, 0.5) is 0 Å². The molecule has 0 aromatic rings. The van der Waals surface area contributed by atoms with Crippen LogP contribution in [-0.4, -0.2) is 79.1 Å². The van der Waals surface area contributed by atoms with E-state index in [2.05, 4.69) is 46.1 Å². The Kier molecular flexibility index (Phi) is 49.8. The molecular formula is C67H125NO9. The Balaban J connectivity index is 2.76. The Morgan fingerprint density at radius 1 is 0.481 bits per heavy atom. The molecule has 0 saturated carbocycles. The van der Waals surface area contributed by atoms with Crippen LogP contribution in [-0.2, 0) is 42.9 Å². The first kappa shape index (κ1) is 72.6. The average Bonchev–Trinajstić information content (AvgIpc) is 3.83. The number of esters is 4. The zero-order chi connectivity index (χ0) is 56.1. The Bertz CT molecular complexity index is 1360. The third kappa shape index (κ3) is 42.1. The van der Waals surface area contributed by atoms with Gasteiger partial charge in [-0.15, -0.1) is 0 Å². The number of likely N-dealkylation sites (tertiary alicyclic amines) is 1. The highest BCUT2D eigenvalue weighted by atomic mass is 16.7. The maximum atomic E-state index is 14.0. The summed E-state index contributed by atoms with van der Waals surface area (Å²) in [7, 11) is 0. The highest BCUT2D eigenvalue weighted by Crippen LogP contribution is 2.34. The highest BCUT2D eigenvalue weighted by Gasteiger charge is 2.40. The van der Waals surface area contributed by atoms with Crippen molar-refractivity contribution in [3.05, 3.63) is 12.7 Å². The van der Waals surface area contributed by atoms with Crippen molar-refractivity contribution in [2.45, 2.75) is 367 Å². The third-order valence-electron chi connectivity index (χ3n) is 16.0. The summed E-state index contributed by atoms with van der Waals surface area (Å²) in [5, 5.41) is 0. The van der Waals surface area contributed by atoms with Crippen molar-refractivity contribution >= 4 is 23.9 Å². The molecule has 0 aromatic carbocycles. The first-order valence-electron chi connectivity index (χ1n) is 33.5. The molecule has 0 spiro atoms. The molecule has 1 saturated heterocycles. The molecule has 0 aromatic heterocycles. The fraction of sp³-hybridized carbons (Fsp3) is 0.910. The van der Waals surface area contributed by atoms with Gasteiger partial charge in [-0.05, 0) is 64.3 Å². The monoisotopic (exact) mass is 1090 g/mol. The van der Waals surface area contributed by atoms with E-state index in [0.717, 1.165) is 122 Å². The molecule has 0 N–H and O–H groups in total. The zero-order valence-corrected chi connectivity index (χ0v) is 51.4. The maximum absolute atomic E-state index is 14.0. The SMILES string of the molecule is C=CC(=O)OC1C[C@@H](C(=O)OCCCCCCCC(=O)OC(CCCCCCCC)(CCCCCCCC)OC(CCCCCCCC)CCCCCCCC)N(CCCCCC(=O)OCCCCCCCCCCC)C1. The van der Waals surface area contributed by atoms with Crippen LogP contribution in [0.2, 0.25) is 0 Å². The van der Waals surface area contributed by atoms with E-state index in [4.69, 9.17) is 23.7 Å². The van der Waals surface area contributed by atoms with Crippen molar-refractivity contribution in [3.8, 4) is 0 Å². The van der Waals surface area contributed by atoms with E-state index in [0.29, 0.717) is 45.6 Å². The first-order chi connectivity index (χ1) is 37.7. The molecular weight excluding hydrogens is 963 g/mol. The van der Waals surface area contributed by atoms with Crippen molar-refractivity contribution in [1.82, 2.24) is 4.90 Å². The van der Waals surface area contributed by atoms with Gasteiger partial charge in [0.2, 0.25) is 5.79 Å². The minimum Gasteiger partial charge on any atom is -0.466 e. The topological polar surface area (TPSA) is 118 Å². The Morgan fingerprint density at radius 3 is 1.34 bits per heavy atom. The lowest BCUT2D eigenvalue weighted by molar-refractivity contribution is -0.259. The van der Waals surface area contributed by atoms with E-state index >= 15 is 0 Å². The number of nitrogens with zero attached hydrogens (tertiary/aromatic N) is 1. The second kappa shape index (κ2) is 52.9.